The first kappa shape index (κ1) is 19.2. The van der Waals surface area contributed by atoms with E-state index < -0.39 is 0 Å². The monoisotopic (exact) mass is 434 g/mol. The van der Waals surface area contributed by atoms with Gasteiger partial charge < -0.3 is 0 Å². The molecule has 0 aliphatic rings. The molecule has 7 rings (SSSR count). The van der Waals surface area contributed by atoms with E-state index in [-0.39, 0.29) is 0 Å². The van der Waals surface area contributed by atoms with Crippen molar-refractivity contribution < 1.29 is 0 Å². The molecule has 2 heteroatoms. The Bertz CT molecular complexity index is 1830. The van der Waals surface area contributed by atoms with Crippen molar-refractivity contribution in [3.8, 4) is 22.5 Å². The van der Waals surface area contributed by atoms with E-state index in [2.05, 4.69) is 111 Å². The maximum atomic E-state index is 5.31. The van der Waals surface area contributed by atoms with Crippen LogP contribution in [0, 0.1) is 13.8 Å². The molecule has 0 bridgehead atoms. The SMILES string of the molecule is Cc1ccc(-c2nc3cc4ccccc4c4nc(-c5ccc(C)cc5)c5cccc2c5c34)cc1. The fourth-order valence-electron chi connectivity index (χ4n) is 5.20. The molecule has 34 heavy (non-hydrogen) atoms. The fraction of sp³-hybridized carbons (Fsp3) is 0.0625. The van der Waals surface area contributed by atoms with Crippen LogP contribution in [0.1, 0.15) is 11.1 Å². The maximum absolute atomic E-state index is 5.31. The molecular weight excluding hydrogens is 412 g/mol. The van der Waals surface area contributed by atoms with Gasteiger partial charge in [0.25, 0.3) is 0 Å². The highest BCUT2D eigenvalue weighted by molar-refractivity contribution is 6.30. The Morgan fingerprint density at radius 2 is 1.06 bits per heavy atom. The van der Waals surface area contributed by atoms with Crippen molar-refractivity contribution in [3.05, 3.63) is 108 Å². The van der Waals surface area contributed by atoms with Gasteiger partial charge in [0.15, 0.2) is 0 Å². The molecule has 0 saturated heterocycles. The average molecular weight is 435 g/mol. The van der Waals surface area contributed by atoms with Gasteiger partial charge in [-0.25, -0.2) is 9.97 Å². The van der Waals surface area contributed by atoms with Gasteiger partial charge in [-0.05, 0) is 25.3 Å². The maximum Gasteiger partial charge on any atom is 0.0816 e. The summed E-state index contributed by atoms with van der Waals surface area (Å²) >= 11 is 0. The third kappa shape index (κ3) is 2.75. The summed E-state index contributed by atoms with van der Waals surface area (Å²) in [6, 6.07) is 34.6. The molecule has 0 aliphatic carbocycles. The number of hydrogen-bond acceptors (Lipinski definition) is 2. The molecule has 0 amide bonds. The zero-order chi connectivity index (χ0) is 22.8. The Hall–Kier alpha value is -4.30. The second-order valence-corrected chi connectivity index (χ2v) is 9.22. The summed E-state index contributed by atoms with van der Waals surface area (Å²) in [5.74, 6) is 0. The predicted octanol–water partition coefficient (Wildman–Crippen LogP) is 8.48. The number of benzene rings is 5. The normalized spacial score (nSPS) is 11.8. The molecule has 0 atom stereocenters. The minimum absolute atomic E-state index is 0.996. The van der Waals surface area contributed by atoms with E-state index in [1.54, 1.807) is 0 Å². The number of rotatable bonds is 2. The summed E-state index contributed by atoms with van der Waals surface area (Å²) in [5, 5.41) is 7.07. The molecule has 0 N–H and O–H groups in total. The molecule has 160 valence electrons. The van der Waals surface area contributed by atoms with Crippen LogP contribution in [0.3, 0.4) is 0 Å². The minimum Gasteiger partial charge on any atom is -0.247 e. The lowest BCUT2D eigenvalue weighted by Gasteiger charge is -2.18. The summed E-state index contributed by atoms with van der Waals surface area (Å²) in [7, 11) is 0. The molecule has 2 nitrogen and oxygen atoms in total. The van der Waals surface area contributed by atoms with Crippen molar-refractivity contribution >= 4 is 43.4 Å². The lowest BCUT2D eigenvalue weighted by Crippen LogP contribution is -1.97. The van der Waals surface area contributed by atoms with Gasteiger partial charge in [0.1, 0.15) is 0 Å². The van der Waals surface area contributed by atoms with Gasteiger partial charge in [-0.2, -0.15) is 0 Å². The zero-order valence-electron chi connectivity index (χ0n) is 19.1. The number of fused-ring (bicyclic) bond motifs is 2. The average Bonchev–Trinajstić information content (AvgIpc) is 2.87. The van der Waals surface area contributed by atoms with Crippen molar-refractivity contribution in [1.29, 1.82) is 0 Å². The molecule has 0 unspecified atom stereocenters. The van der Waals surface area contributed by atoms with E-state index in [9.17, 15) is 0 Å². The van der Waals surface area contributed by atoms with Crippen molar-refractivity contribution in [1.82, 2.24) is 9.97 Å². The standard InChI is InChI=1S/C32H22N2/c1-19-10-14-21(15-11-19)30-25-8-5-9-26-28(25)29-27(33-30)18-23-6-3-4-7-24(23)32(29)34-31(26)22-16-12-20(2)13-17-22/h3-18H,1-2H3. The third-order valence-electron chi connectivity index (χ3n) is 6.93. The highest BCUT2D eigenvalue weighted by Gasteiger charge is 2.20. The first-order valence-electron chi connectivity index (χ1n) is 11.7. The van der Waals surface area contributed by atoms with E-state index in [0.29, 0.717) is 0 Å². The minimum atomic E-state index is 0.996. The second kappa shape index (κ2) is 7.10. The van der Waals surface area contributed by atoms with Crippen LogP contribution in [-0.4, -0.2) is 9.97 Å². The number of aromatic nitrogens is 2. The third-order valence-corrected chi connectivity index (χ3v) is 6.93. The van der Waals surface area contributed by atoms with Crippen LogP contribution in [-0.2, 0) is 0 Å². The summed E-state index contributed by atoms with van der Waals surface area (Å²) in [6.07, 6.45) is 0. The molecule has 0 aliphatic heterocycles. The molecule has 5 aromatic carbocycles. The van der Waals surface area contributed by atoms with Gasteiger partial charge in [-0.1, -0.05) is 102 Å². The van der Waals surface area contributed by atoms with Crippen molar-refractivity contribution in [3.63, 3.8) is 0 Å². The largest absolute Gasteiger partial charge is 0.247 e. The number of hydrogen-bond donors (Lipinski definition) is 0. The van der Waals surface area contributed by atoms with E-state index in [4.69, 9.17) is 9.97 Å². The van der Waals surface area contributed by atoms with Gasteiger partial charge in [0.05, 0.1) is 22.4 Å². The van der Waals surface area contributed by atoms with Crippen LogP contribution in [0.5, 0.6) is 0 Å². The summed E-state index contributed by atoms with van der Waals surface area (Å²) in [4.78, 5) is 10.5. The molecular formula is C32H22N2. The smallest absolute Gasteiger partial charge is 0.0816 e. The van der Waals surface area contributed by atoms with Crippen LogP contribution in [0.4, 0.5) is 0 Å². The summed E-state index contributed by atoms with van der Waals surface area (Å²) in [6.45, 7) is 4.24. The Balaban J connectivity index is 1.72. The van der Waals surface area contributed by atoms with E-state index in [1.807, 2.05) is 0 Å². The molecule has 7 aromatic rings. The molecule has 0 fully saturated rings. The van der Waals surface area contributed by atoms with E-state index in [0.717, 1.165) is 44.3 Å². The highest BCUT2D eigenvalue weighted by Crippen LogP contribution is 2.43. The quantitative estimate of drug-likeness (QED) is 0.201. The van der Waals surface area contributed by atoms with Crippen molar-refractivity contribution in [2.45, 2.75) is 13.8 Å². The topological polar surface area (TPSA) is 25.8 Å². The predicted molar refractivity (Wildman–Crippen MR) is 144 cm³/mol. The molecule has 2 heterocycles. The zero-order valence-corrected chi connectivity index (χ0v) is 19.1. The summed E-state index contributed by atoms with van der Waals surface area (Å²) in [5.41, 5.74) is 8.84. The van der Waals surface area contributed by atoms with Gasteiger partial charge in [-0.3, -0.25) is 0 Å². The van der Waals surface area contributed by atoms with Crippen LogP contribution in [0.25, 0.3) is 65.9 Å². The molecule has 0 saturated carbocycles. The first-order valence-corrected chi connectivity index (χ1v) is 11.7. The fourth-order valence-corrected chi connectivity index (χ4v) is 5.20. The molecule has 0 spiro atoms. The molecule has 2 aromatic heterocycles. The Morgan fingerprint density at radius 1 is 0.500 bits per heavy atom. The van der Waals surface area contributed by atoms with Crippen LogP contribution < -0.4 is 0 Å². The summed E-state index contributed by atoms with van der Waals surface area (Å²) < 4.78 is 0. The lowest BCUT2D eigenvalue weighted by molar-refractivity contribution is 1.39. The van der Waals surface area contributed by atoms with Crippen LogP contribution in [0.2, 0.25) is 0 Å². The lowest BCUT2D eigenvalue weighted by atomic mass is 9.91. The highest BCUT2D eigenvalue weighted by atomic mass is 14.8. The number of aryl methyl sites for hydroxylation is 2. The number of nitrogens with zero attached hydrogens (tertiary/aromatic N) is 2. The molecule has 0 radical (unpaired) electrons. The Kier molecular flexibility index (Phi) is 4.01. The van der Waals surface area contributed by atoms with Crippen LogP contribution >= 0.6 is 0 Å². The Morgan fingerprint density at radius 3 is 1.71 bits per heavy atom. The Labute approximate surface area is 197 Å². The van der Waals surface area contributed by atoms with Gasteiger partial charge >= 0.3 is 0 Å². The second-order valence-electron chi connectivity index (χ2n) is 9.22. The van der Waals surface area contributed by atoms with Crippen LogP contribution in [0.15, 0.2) is 97.1 Å². The van der Waals surface area contributed by atoms with E-state index in [1.165, 1.54) is 32.7 Å². The van der Waals surface area contributed by atoms with E-state index >= 15 is 0 Å². The van der Waals surface area contributed by atoms with Gasteiger partial charge in [0.2, 0.25) is 0 Å². The van der Waals surface area contributed by atoms with Gasteiger partial charge in [0, 0.05) is 38.1 Å². The van der Waals surface area contributed by atoms with Crippen molar-refractivity contribution in [2.75, 3.05) is 0 Å². The van der Waals surface area contributed by atoms with Gasteiger partial charge in [-0.15, -0.1) is 0 Å². The van der Waals surface area contributed by atoms with Crippen molar-refractivity contribution in [2.24, 2.45) is 0 Å². The number of pyridine rings is 2. The first-order chi connectivity index (χ1) is 16.7.